The molecule has 3 heterocycles. The van der Waals surface area contributed by atoms with Crippen molar-refractivity contribution in [3.8, 4) is 17.0 Å². The lowest BCUT2D eigenvalue weighted by Crippen LogP contribution is -2.04. The standard InChI is InChI=1S/C24H23N3O/c1-2-3-16-28-20-9-7-18(8-10-20)23-17-19(11-14-26-23)21-12-15-27-24(21)22-6-4-5-13-25-22/h4-14,17H,2-3,15-16H2,1H3. The lowest BCUT2D eigenvalue weighted by Gasteiger charge is -2.10. The van der Waals surface area contributed by atoms with Crippen molar-refractivity contribution in [1.82, 2.24) is 9.97 Å². The molecular formula is C24H23N3O. The zero-order valence-electron chi connectivity index (χ0n) is 16.0. The van der Waals surface area contributed by atoms with E-state index in [2.05, 4.69) is 46.2 Å². The Balaban J connectivity index is 1.56. The van der Waals surface area contributed by atoms with Gasteiger partial charge in [-0.3, -0.25) is 15.0 Å². The minimum absolute atomic E-state index is 0.683. The Morgan fingerprint density at radius 3 is 2.54 bits per heavy atom. The Bertz CT molecular complexity index is 992. The number of hydrogen-bond acceptors (Lipinski definition) is 4. The van der Waals surface area contributed by atoms with Crippen LogP contribution in [0.3, 0.4) is 0 Å². The predicted octanol–water partition coefficient (Wildman–Crippen LogP) is 5.21. The van der Waals surface area contributed by atoms with E-state index < -0.39 is 0 Å². The maximum atomic E-state index is 5.75. The van der Waals surface area contributed by atoms with E-state index >= 15 is 0 Å². The fourth-order valence-corrected chi connectivity index (χ4v) is 3.20. The van der Waals surface area contributed by atoms with Crippen molar-refractivity contribution < 1.29 is 4.74 Å². The second kappa shape index (κ2) is 8.61. The number of rotatable bonds is 7. The molecule has 0 aliphatic carbocycles. The van der Waals surface area contributed by atoms with Crippen LogP contribution in [0.25, 0.3) is 16.8 Å². The smallest absolute Gasteiger partial charge is 0.119 e. The van der Waals surface area contributed by atoms with Gasteiger partial charge in [0.1, 0.15) is 5.75 Å². The van der Waals surface area contributed by atoms with Crippen molar-refractivity contribution >= 4 is 11.3 Å². The SMILES string of the molecule is CCCCOc1ccc(-c2cc(C3=CCN=C3c3ccccn3)ccn2)cc1. The minimum Gasteiger partial charge on any atom is -0.494 e. The maximum absolute atomic E-state index is 5.75. The Labute approximate surface area is 165 Å². The Kier molecular flexibility index (Phi) is 5.57. The Hall–Kier alpha value is -3.27. The monoisotopic (exact) mass is 369 g/mol. The molecule has 0 atom stereocenters. The van der Waals surface area contributed by atoms with Gasteiger partial charge in [-0.25, -0.2) is 0 Å². The van der Waals surface area contributed by atoms with Crippen molar-refractivity contribution in [1.29, 1.82) is 0 Å². The van der Waals surface area contributed by atoms with Crippen molar-refractivity contribution in [3.63, 3.8) is 0 Å². The molecule has 0 N–H and O–H groups in total. The molecule has 3 aromatic rings. The first-order valence-electron chi connectivity index (χ1n) is 9.71. The van der Waals surface area contributed by atoms with Crippen LogP contribution in [0.2, 0.25) is 0 Å². The highest BCUT2D eigenvalue weighted by Gasteiger charge is 2.17. The Morgan fingerprint density at radius 2 is 1.75 bits per heavy atom. The number of ether oxygens (including phenoxy) is 1. The molecule has 2 aromatic heterocycles. The minimum atomic E-state index is 0.683. The summed E-state index contributed by atoms with van der Waals surface area (Å²) in [5, 5.41) is 0. The number of pyridine rings is 2. The summed E-state index contributed by atoms with van der Waals surface area (Å²) in [5.74, 6) is 0.899. The largest absolute Gasteiger partial charge is 0.494 e. The molecule has 0 radical (unpaired) electrons. The summed E-state index contributed by atoms with van der Waals surface area (Å²) in [4.78, 5) is 13.7. The molecule has 1 aromatic carbocycles. The average molecular weight is 369 g/mol. The quantitative estimate of drug-likeness (QED) is 0.537. The van der Waals surface area contributed by atoms with Gasteiger partial charge in [0.05, 0.1) is 30.3 Å². The molecular weight excluding hydrogens is 346 g/mol. The summed E-state index contributed by atoms with van der Waals surface area (Å²) >= 11 is 0. The molecule has 0 saturated carbocycles. The van der Waals surface area contributed by atoms with E-state index in [1.165, 1.54) is 0 Å². The number of nitrogens with zero attached hydrogens (tertiary/aromatic N) is 3. The number of aromatic nitrogens is 2. The van der Waals surface area contributed by atoms with Crippen molar-refractivity contribution in [2.24, 2.45) is 4.99 Å². The molecule has 0 bridgehead atoms. The van der Waals surface area contributed by atoms with Crippen LogP contribution in [0, 0.1) is 0 Å². The van der Waals surface area contributed by atoms with Gasteiger partial charge >= 0.3 is 0 Å². The predicted molar refractivity (Wildman–Crippen MR) is 114 cm³/mol. The van der Waals surface area contributed by atoms with Crippen LogP contribution in [-0.4, -0.2) is 28.8 Å². The lowest BCUT2D eigenvalue weighted by molar-refractivity contribution is 0.309. The third kappa shape index (κ3) is 4.01. The molecule has 4 nitrogen and oxygen atoms in total. The summed E-state index contributed by atoms with van der Waals surface area (Å²) in [5.41, 5.74) is 6.07. The molecule has 4 heteroatoms. The van der Waals surface area contributed by atoms with Crippen LogP contribution in [-0.2, 0) is 0 Å². The van der Waals surface area contributed by atoms with E-state index in [9.17, 15) is 0 Å². The van der Waals surface area contributed by atoms with E-state index in [-0.39, 0.29) is 0 Å². The number of allylic oxidation sites excluding steroid dienone is 1. The van der Waals surface area contributed by atoms with E-state index in [1.54, 1.807) is 6.20 Å². The van der Waals surface area contributed by atoms with Gasteiger partial charge < -0.3 is 4.74 Å². The maximum Gasteiger partial charge on any atom is 0.119 e. The number of benzene rings is 1. The third-order valence-corrected chi connectivity index (χ3v) is 4.70. The van der Waals surface area contributed by atoms with Crippen LogP contribution < -0.4 is 4.74 Å². The molecule has 140 valence electrons. The molecule has 0 unspecified atom stereocenters. The first-order chi connectivity index (χ1) is 13.8. The average Bonchev–Trinajstić information content (AvgIpc) is 3.25. The van der Waals surface area contributed by atoms with Crippen LogP contribution in [0.15, 0.2) is 78.1 Å². The van der Waals surface area contributed by atoms with Gasteiger partial charge in [-0.1, -0.05) is 25.5 Å². The molecule has 1 aliphatic heterocycles. The van der Waals surface area contributed by atoms with Crippen LogP contribution >= 0.6 is 0 Å². The second-order valence-electron chi connectivity index (χ2n) is 6.68. The highest BCUT2D eigenvalue weighted by Crippen LogP contribution is 2.27. The van der Waals surface area contributed by atoms with Crippen molar-refractivity contribution in [3.05, 3.63) is 84.3 Å². The van der Waals surface area contributed by atoms with E-state index in [0.717, 1.165) is 59.0 Å². The van der Waals surface area contributed by atoms with E-state index in [4.69, 9.17) is 4.74 Å². The molecule has 1 aliphatic rings. The van der Waals surface area contributed by atoms with Gasteiger partial charge in [-0.05, 0) is 60.5 Å². The van der Waals surface area contributed by atoms with Gasteiger partial charge in [0.2, 0.25) is 0 Å². The number of unbranched alkanes of at least 4 members (excludes halogenated alkanes) is 1. The van der Waals surface area contributed by atoms with Crippen LogP contribution in [0.4, 0.5) is 0 Å². The highest BCUT2D eigenvalue weighted by atomic mass is 16.5. The lowest BCUT2D eigenvalue weighted by atomic mass is 9.98. The molecule has 0 fully saturated rings. The summed E-state index contributed by atoms with van der Waals surface area (Å²) < 4.78 is 5.75. The van der Waals surface area contributed by atoms with Gasteiger partial charge in [0.15, 0.2) is 0 Å². The molecule has 28 heavy (non-hydrogen) atoms. The molecule has 4 rings (SSSR count). The van der Waals surface area contributed by atoms with Gasteiger partial charge in [-0.2, -0.15) is 0 Å². The zero-order chi connectivity index (χ0) is 19.2. The number of aliphatic imine (C=N–C) groups is 1. The van der Waals surface area contributed by atoms with E-state index in [1.807, 2.05) is 42.6 Å². The van der Waals surface area contributed by atoms with Crippen LogP contribution in [0.1, 0.15) is 31.0 Å². The molecule has 0 spiro atoms. The normalized spacial score (nSPS) is 13.2. The van der Waals surface area contributed by atoms with Gasteiger partial charge in [-0.15, -0.1) is 0 Å². The molecule has 0 saturated heterocycles. The second-order valence-corrected chi connectivity index (χ2v) is 6.68. The van der Waals surface area contributed by atoms with Crippen LogP contribution in [0.5, 0.6) is 5.75 Å². The first-order valence-corrected chi connectivity index (χ1v) is 9.71. The topological polar surface area (TPSA) is 47.4 Å². The summed E-state index contributed by atoms with van der Waals surface area (Å²) in [6.45, 7) is 3.60. The van der Waals surface area contributed by atoms with Gasteiger partial charge in [0.25, 0.3) is 0 Å². The summed E-state index contributed by atoms with van der Waals surface area (Å²) in [7, 11) is 0. The number of hydrogen-bond donors (Lipinski definition) is 0. The molecule has 0 amide bonds. The highest BCUT2D eigenvalue weighted by molar-refractivity contribution is 6.32. The van der Waals surface area contributed by atoms with Gasteiger partial charge in [0, 0.05) is 23.5 Å². The van der Waals surface area contributed by atoms with E-state index in [0.29, 0.717) is 6.54 Å². The van der Waals surface area contributed by atoms with Crippen molar-refractivity contribution in [2.75, 3.05) is 13.2 Å². The Morgan fingerprint density at radius 1 is 0.893 bits per heavy atom. The zero-order valence-corrected chi connectivity index (χ0v) is 16.0. The summed E-state index contributed by atoms with van der Waals surface area (Å²) in [6.07, 6.45) is 8.00. The summed E-state index contributed by atoms with van der Waals surface area (Å²) in [6, 6.07) is 18.2. The third-order valence-electron chi connectivity index (χ3n) is 4.70. The fraction of sp³-hybridized carbons (Fsp3) is 0.208. The fourth-order valence-electron chi connectivity index (χ4n) is 3.20. The van der Waals surface area contributed by atoms with Crippen molar-refractivity contribution in [2.45, 2.75) is 19.8 Å². The first kappa shape index (κ1) is 18.1.